The number of thiophene rings is 1. The fraction of sp³-hybridized carbons (Fsp3) is 0.294. The molecule has 0 spiro atoms. The van der Waals surface area contributed by atoms with Crippen LogP contribution in [0, 0.1) is 11.3 Å². The van der Waals surface area contributed by atoms with Crippen LogP contribution in [0.25, 0.3) is 0 Å². The van der Waals surface area contributed by atoms with Crippen LogP contribution in [-0.2, 0) is 4.79 Å². The largest absolute Gasteiger partial charge is 0.484 e. The normalized spacial score (nSPS) is 11.7. The molecule has 0 fully saturated rings. The van der Waals surface area contributed by atoms with E-state index in [0.29, 0.717) is 17.9 Å². The first-order chi connectivity index (χ1) is 11.1. The molecule has 0 aliphatic heterocycles. The topological polar surface area (TPSA) is 66.6 Å². The Morgan fingerprint density at radius 3 is 2.65 bits per heavy atom. The molecule has 1 aromatic heterocycles. The van der Waals surface area contributed by atoms with Crippen molar-refractivity contribution in [3.8, 4) is 11.8 Å². The van der Waals surface area contributed by atoms with Crippen LogP contribution in [0.3, 0.4) is 0 Å². The first-order valence-electron chi connectivity index (χ1n) is 7.33. The molecule has 0 aliphatic rings. The van der Waals surface area contributed by atoms with Crippen molar-refractivity contribution in [2.45, 2.75) is 6.04 Å². The highest BCUT2D eigenvalue weighted by Gasteiger charge is 2.19. The van der Waals surface area contributed by atoms with Crippen LogP contribution < -0.4 is 15.0 Å². The molecular weight excluding hydrogens is 310 g/mol. The van der Waals surface area contributed by atoms with Crippen LogP contribution in [0.4, 0.5) is 0 Å². The molecule has 0 bridgehead atoms. The van der Waals surface area contributed by atoms with Gasteiger partial charge in [0.1, 0.15) is 11.8 Å². The molecule has 2 rings (SSSR count). The lowest BCUT2D eigenvalue weighted by Gasteiger charge is -2.20. The number of benzene rings is 1. The second-order valence-corrected chi connectivity index (χ2v) is 6.35. The van der Waals surface area contributed by atoms with Crippen LogP contribution in [0.5, 0.6) is 5.75 Å². The summed E-state index contributed by atoms with van der Waals surface area (Å²) in [6, 6.07) is 13.1. The van der Waals surface area contributed by atoms with E-state index in [4.69, 9.17) is 10.00 Å². The third-order valence-corrected chi connectivity index (χ3v) is 4.43. The SMILES string of the molecule is C[NH+](C)[C@H](CNC(=O)COc1ccc(C#N)cc1)c1cccs1. The number of carbonyl (C=O) groups excluding carboxylic acids is 1. The molecule has 1 atom stereocenters. The van der Waals surface area contributed by atoms with E-state index in [0.717, 1.165) is 0 Å². The van der Waals surface area contributed by atoms with Crippen molar-refractivity contribution < 1.29 is 14.4 Å². The van der Waals surface area contributed by atoms with Crippen LogP contribution in [0.15, 0.2) is 41.8 Å². The van der Waals surface area contributed by atoms with E-state index in [-0.39, 0.29) is 18.6 Å². The van der Waals surface area contributed by atoms with Crippen LogP contribution in [-0.4, -0.2) is 33.2 Å². The lowest BCUT2D eigenvalue weighted by Crippen LogP contribution is -3.06. The first-order valence-corrected chi connectivity index (χ1v) is 8.21. The van der Waals surface area contributed by atoms with Gasteiger partial charge in [0, 0.05) is 0 Å². The van der Waals surface area contributed by atoms with Crippen molar-refractivity contribution >= 4 is 17.2 Å². The van der Waals surface area contributed by atoms with Crippen molar-refractivity contribution in [2.24, 2.45) is 0 Å². The van der Waals surface area contributed by atoms with Crippen molar-refractivity contribution in [3.63, 3.8) is 0 Å². The highest BCUT2D eigenvalue weighted by molar-refractivity contribution is 7.10. The van der Waals surface area contributed by atoms with E-state index in [1.165, 1.54) is 9.78 Å². The van der Waals surface area contributed by atoms with Gasteiger partial charge in [-0.1, -0.05) is 6.07 Å². The van der Waals surface area contributed by atoms with Gasteiger partial charge in [-0.15, -0.1) is 11.3 Å². The summed E-state index contributed by atoms with van der Waals surface area (Å²) in [6.07, 6.45) is 0. The summed E-state index contributed by atoms with van der Waals surface area (Å²) >= 11 is 1.69. The van der Waals surface area contributed by atoms with Crippen LogP contribution >= 0.6 is 11.3 Å². The summed E-state index contributed by atoms with van der Waals surface area (Å²) in [6.45, 7) is 0.532. The lowest BCUT2D eigenvalue weighted by atomic mass is 10.2. The predicted octanol–water partition coefficient (Wildman–Crippen LogP) is 1.00. The smallest absolute Gasteiger partial charge is 0.258 e. The van der Waals surface area contributed by atoms with Gasteiger partial charge in [0.25, 0.3) is 5.91 Å². The number of nitrogens with one attached hydrogen (secondary N) is 2. The van der Waals surface area contributed by atoms with E-state index >= 15 is 0 Å². The Labute approximate surface area is 140 Å². The fourth-order valence-corrected chi connectivity index (χ4v) is 3.07. The van der Waals surface area contributed by atoms with Crippen molar-refractivity contribution in [2.75, 3.05) is 27.2 Å². The minimum atomic E-state index is -0.155. The second kappa shape index (κ2) is 8.32. The van der Waals surface area contributed by atoms with Gasteiger partial charge in [-0.2, -0.15) is 5.26 Å². The Hall–Kier alpha value is -2.36. The van der Waals surface area contributed by atoms with E-state index in [9.17, 15) is 4.79 Å². The molecule has 23 heavy (non-hydrogen) atoms. The number of carbonyl (C=O) groups is 1. The zero-order valence-corrected chi connectivity index (χ0v) is 14.0. The van der Waals surface area contributed by atoms with Crippen molar-refractivity contribution in [1.29, 1.82) is 5.26 Å². The number of quaternary nitrogens is 1. The number of ether oxygens (including phenoxy) is 1. The fourth-order valence-electron chi connectivity index (χ4n) is 2.12. The van der Waals surface area contributed by atoms with Gasteiger partial charge in [0.05, 0.1) is 37.1 Å². The lowest BCUT2D eigenvalue weighted by molar-refractivity contribution is -0.890. The number of hydrogen-bond donors (Lipinski definition) is 2. The summed E-state index contributed by atoms with van der Waals surface area (Å²) in [5.41, 5.74) is 0.564. The van der Waals surface area contributed by atoms with Gasteiger partial charge in [0.2, 0.25) is 0 Å². The number of likely N-dealkylation sites (N-methyl/N-ethyl adjacent to an activating group) is 1. The average molecular weight is 330 g/mol. The van der Waals surface area contributed by atoms with Crippen LogP contribution in [0.1, 0.15) is 16.5 Å². The summed E-state index contributed by atoms with van der Waals surface area (Å²) in [5, 5.41) is 13.7. The molecule has 2 N–H and O–H groups in total. The van der Waals surface area contributed by atoms with E-state index < -0.39 is 0 Å². The van der Waals surface area contributed by atoms with Crippen LogP contribution in [0.2, 0.25) is 0 Å². The van der Waals surface area contributed by atoms with Gasteiger partial charge >= 0.3 is 0 Å². The zero-order chi connectivity index (χ0) is 16.7. The molecule has 0 unspecified atom stereocenters. The molecule has 2 aromatic rings. The molecule has 1 aromatic carbocycles. The molecule has 0 saturated carbocycles. The number of nitriles is 1. The van der Waals surface area contributed by atoms with Gasteiger partial charge in [-0.25, -0.2) is 0 Å². The van der Waals surface area contributed by atoms with Gasteiger partial charge in [-0.05, 0) is 35.7 Å². The highest BCUT2D eigenvalue weighted by Crippen LogP contribution is 2.15. The molecule has 120 valence electrons. The quantitative estimate of drug-likeness (QED) is 0.796. The van der Waals surface area contributed by atoms with Crippen molar-refractivity contribution in [3.05, 3.63) is 52.2 Å². The maximum absolute atomic E-state index is 11.9. The summed E-state index contributed by atoms with van der Waals surface area (Å²) in [4.78, 5) is 14.5. The van der Waals surface area contributed by atoms with E-state index in [1.54, 1.807) is 35.6 Å². The minimum Gasteiger partial charge on any atom is -0.484 e. The Morgan fingerprint density at radius 1 is 1.35 bits per heavy atom. The number of nitrogens with zero attached hydrogens (tertiary/aromatic N) is 1. The van der Waals surface area contributed by atoms with Gasteiger partial charge in [0.15, 0.2) is 6.61 Å². The third kappa shape index (κ3) is 5.09. The summed E-state index contributed by atoms with van der Waals surface area (Å²) in [7, 11) is 4.15. The third-order valence-electron chi connectivity index (χ3n) is 3.44. The second-order valence-electron chi connectivity index (χ2n) is 5.37. The molecule has 5 nitrogen and oxygen atoms in total. The van der Waals surface area contributed by atoms with E-state index in [1.807, 2.05) is 17.5 Å². The molecule has 6 heteroatoms. The maximum atomic E-state index is 11.9. The average Bonchev–Trinajstić information content (AvgIpc) is 3.07. The monoisotopic (exact) mass is 330 g/mol. The first kappa shape index (κ1) is 17.0. The minimum absolute atomic E-state index is 0.0359. The number of rotatable bonds is 7. The Balaban J connectivity index is 1.81. The maximum Gasteiger partial charge on any atom is 0.258 e. The number of hydrogen-bond acceptors (Lipinski definition) is 4. The van der Waals surface area contributed by atoms with Crippen molar-refractivity contribution in [1.82, 2.24) is 5.32 Å². The molecular formula is C17H20N3O2S+. The summed E-state index contributed by atoms with van der Waals surface area (Å²) < 4.78 is 5.43. The molecule has 0 saturated heterocycles. The Kier molecular flexibility index (Phi) is 6.15. The molecule has 1 amide bonds. The Morgan fingerprint density at radius 2 is 2.09 bits per heavy atom. The number of amides is 1. The van der Waals surface area contributed by atoms with Gasteiger partial charge in [-0.3, -0.25) is 4.79 Å². The zero-order valence-electron chi connectivity index (χ0n) is 13.2. The molecule has 0 aliphatic carbocycles. The summed E-state index contributed by atoms with van der Waals surface area (Å²) in [5.74, 6) is 0.421. The van der Waals surface area contributed by atoms with E-state index in [2.05, 4.69) is 25.5 Å². The highest BCUT2D eigenvalue weighted by atomic mass is 32.1. The molecule has 1 heterocycles. The predicted molar refractivity (Wildman–Crippen MR) is 89.5 cm³/mol. The standard InChI is InChI=1S/C17H19N3O2S/c1-20(2)15(16-4-3-9-23-16)11-19-17(21)12-22-14-7-5-13(10-18)6-8-14/h3-9,15H,11-12H2,1-2H3,(H,19,21)/p+1/t15-/m1/s1. The molecule has 0 radical (unpaired) electrons. The Bertz CT molecular complexity index is 660. The van der Waals surface area contributed by atoms with Gasteiger partial charge < -0.3 is 15.0 Å².